The number of carbonyl (C=O) groups is 1. The van der Waals surface area contributed by atoms with E-state index in [9.17, 15) is 4.79 Å². The van der Waals surface area contributed by atoms with Crippen LogP contribution in [0.15, 0.2) is 0 Å². The van der Waals surface area contributed by atoms with Gasteiger partial charge >= 0.3 is 6.09 Å². The number of nitrogens with zero attached hydrogens (tertiary/aromatic N) is 1. The quantitative estimate of drug-likeness (QED) is 0.846. The topological polar surface area (TPSA) is 41.6 Å². The van der Waals surface area contributed by atoms with E-state index in [1.54, 1.807) is 0 Å². The van der Waals surface area contributed by atoms with Crippen LogP contribution in [0.4, 0.5) is 4.79 Å². The standard InChI is InChI=1S/C16H30N2O2/c1-12-5-7-13(8-6-12)17-14-9-10-18(11-14)15(19)20-16(2,3)4/h12-14,17H,5-11H2,1-4H3. The van der Waals surface area contributed by atoms with E-state index in [0.29, 0.717) is 12.1 Å². The third kappa shape index (κ3) is 4.65. The van der Waals surface area contributed by atoms with E-state index >= 15 is 0 Å². The summed E-state index contributed by atoms with van der Waals surface area (Å²) in [5, 5.41) is 3.74. The first-order chi connectivity index (χ1) is 9.33. The molecule has 1 heterocycles. The van der Waals surface area contributed by atoms with Crippen LogP contribution in [-0.2, 0) is 4.74 Å². The van der Waals surface area contributed by atoms with Crippen molar-refractivity contribution in [1.29, 1.82) is 0 Å². The van der Waals surface area contributed by atoms with Crippen LogP contribution in [0, 0.1) is 5.92 Å². The van der Waals surface area contributed by atoms with Gasteiger partial charge in [0, 0.05) is 25.2 Å². The van der Waals surface area contributed by atoms with E-state index in [1.165, 1.54) is 25.7 Å². The fourth-order valence-electron chi connectivity index (χ4n) is 3.15. The first-order valence-corrected chi connectivity index (χ1v) is 8.07. The van der Waals surface area contributed by atoms with Gasteiger partial charge in [-0.3, -0.25) is 0 Å². The monoisotopic (exact) mass is 282 g/mol. The number of nitrogens with one attached hydrogen (secondary N) is 1. The molecular formula is C16H30N2O2. The van der Waals surface area contributed by atoms with Crippen LogP contribution in [0.5, 0.6) is 0 Å². The first-order valence-electron chi connectivity index (χ1n) is 8.07. The summed E-state index contributed by atoms with van der Waals surface area (Å²) in [7, 11) is 0. The molecule has 2 aliphatic rings. The molecule has 0 bridgehead atoms. The molecule has 116 valence electrons. The summed E-state index contributed by atoms with van der Waals surface area (Å²) >= 11 is 0. The van der Waals surface area contributed by atoms with Crippen molar-refractivity contribution in [3.8, 4) is 0 Å². The van der Waals surface area contributed by atoms with Gasteiger partial charge in [0.1, 0.15) is 5.60 Å². The summed E-state index contributed by atoms with van der Waals surface area (Å²) < 4.78 is 5.43. The smallest absolute Gasteiger partial charge is 0.410 e. The van der Waals surface area contributed by atoms with Crippen molar-refractivity contribution in [3.05, 3.63) is 0 Å². The van der Waals surface area contributed by atoms with Crippen molar-refractivity contribution in [1.82, 2.24) is 10.2 Å². The molecule has 0 spiro atoms. The Morgan fingerprint density at radius 1 is 1.10 bits per heavy atom. The van der Waals surface area contributed by atoms with Gasteiger partial charge in [-0.2, -0.15) is 0 Å². The Balaban J connectivity index is 1.73. The molecule has 1 amide bonds. The van der Waals surface area contributed by atoms with Gasteiger partial charge in [0.25, 0.3) is 0 Å². The minimum absolute atomic E-state index is 0.168. The predicted octanol–water partition coefficient (Wildman–Crippen LogP) is 3.16. The van der Waals surface area contributed by atoms with Crippen LogP contribution in [0.1, 0.15) is 59.8 Å². The molecule has 0 aromatic rings. The lowest BCUT2D eigenvalue weighted by Gasteiger charge is -2.29. The summed E-state index contributed by atoms with van der Waals surface area (Å²) in [5.41, 5.74) is -0.401. The van der Waals surface area contributed by atoms with E-state index in [1.807, 2.05) is 25.7 Å². The molecule has 1 saturated heterocycles. The molecule has 2 rings (SSSR count). The molecule has 1 atom stereocenters. The molecule has 1 unspecified atom stereocenters. The molecular weight excluding hydrogens is 252 g/mol. The van der Waals surface area contributed by atoms with Gasteiger partial charge in [-0.1, -0.05) is 6.92 Å². The fourth-order valence-corrected chi connectivity index (χ4v) is 3.15. The maximum Gasteiger partial charge on any atom is 0.410 e. The molecule has 0 radical (unpaired) electrons. The number of rotatable bonds is 2. The van der Waals surface area contributed by atoms with Crippen LogP contribution in [0.2, 0.25) is 0 Å². The summed E-state index contributed by atoms with van der Waals surface area (Å²) in [6.45, 7) is 9.70. The lowest BCUT2D eigenvalue weighted by Crippen LogP contribution is -2.43. The zero-order chi connectivity index (χ0) is 14.8. The Morgan fingerprint density at radius 2 is 1.75 bits per heavy atom. The molecule has 20 heavy (non-hydrogen) atoms. The lowest BCUT2D eigenvalue weighted by atomic mass is 9.87. The zero-order valence-corrected chi connectivity index (χ0v) is 13.4. The number of hydrogen-bond acceptors (Lipinski definition) is 3. The molecule has 1 aliphatic carbocycles. The second kappa shape index (κ2) is 6.33. The zero-order valence-electron chi connectivity index (χ0n) is 13.4. The lowest BCUT2D eigenvalue weighted by molar-refractivity contribution is 0.0290. The second-order valence-electron chi connectivity index (χ2n) is 7.54. The Labute approximate surface area is 123 Å². The van der Waals surface area contributed by atoms with E-state index in [-0.39, 0.29) is 6.09 Å². The van der Waals surface area contributed by atoms with Crippen LogP contribution >= 0.6 is 0 Å². The molecule has 1 saturated carbocycles. The van der Waals surface area contributed by atoms with Gasteiger partial charge in [-0.05, 0) is 58.8 Å². The average Bonchev–Trinajstić information content (AvgIpc) is 2.79. The maximum atomic E-state index is 12.0. The normalized spacial score (nSPS) is 31.4. The van der Waals surface area contributed by atoms with Gasteiger partial charge < -0.3 is 15.0 Å². The number of carbonyl (C=O) groups excluding carboxylic acids is 1. The van der Waals surface area contributed by atoms with Crippen LogP contribution in [-0.4, -0.2) is 41.8 Å². The Bertz CT molecular complexity index is 330. The Morgan fingerprint density at radius 3 is 2.35 bits per heavy atom. The number of likely N-dealkylation sites (tertiary alicyclic amines) is 1. The second-order valence-corrected chi connectivity index (χ2v) is 7.54. The number of hydrogen-bond donors (Lipinski definition) is 1. The highest BCUT2D eigenvalue weighted by Crippen LogP contribution is 2.25. The first kappa shape index (κ1) is 15.6. The molecule has 0 aromatic heterocycles. The number of ether oxygens (including phenoxy) is 1. The fraction of sp³-hybridized carbons (Fsp3) is 0.938. The highest BCUT2D eigenvalue weighted by Gasteiger charge is 2.31. The van der Waals surface area contributed by atoms with Crippen molar-refractivity contribution in [3.63, 3.8) is 0 Å². The van der Waals surface area contributed by atoms with E-state index in [0.717, 1.165) is 25.4 Å². The molecule has 1 N–H and O–H groups in total. The summed E-state index contributed by atoms with van der Waals surface area (Å²) in [4.78, 5) is 13.9. The van der Waals surface area contributed by atoms with Crippen molar-refractivity contribution in [2.45, 2.75) is 77.5 Å². The molecule has 4 nitrogen and oxygen atoms in total. The van der Waals surface area contributed by atoms with E-state index in [4.69, 9.17) is 4.74 Å². The van der Waals surface area contributed by atoms with Crippen LogP contribution < -0.4 is 5.32 Å². The maximum absolute atomic E-state index is 12.0. The minimum atomic E-state index is -0.401. The van der Waals surface area contributed by atoms with Gasteiger partial charge in [0.15, 0.2) is 0 Å². The highest BCUT2D eigenvalue weighted by molar-refractivity contribution is 5.68. The molecule has 2 fully saturated rings. The minimum Gasteiger partial charge on any atom is -0.444 e. The van der Waals surface area contributed by atoms with E-state index in [2.05, 4.69) is 12.2 Å². The largest absolute Gasteiger partial charge is 0.444 e. The summed E-state index contributed by atoms with van der Waals surface area (Å²) in [6.07, 6.45) is 6.11. The Hall–Kier alpha value is -0.770. The van der Waals surface area contributed by atoms with E-state index < -0.39 is 5.60 Å². The van der Waals surface area contributed by atoms with Crippen LogP contribution in [0.25, 0.3) is 0 Å². The highest BCUT2D eigenvalue weighted by atomic mass is 16.6. The van der Waals surface area contributed by atoms with Gasteiger partial charge in [0.05, 0.1) is 0 Å². The van der Waals surface area contributed by atoms with Crippen LogP contribution in [0.3, 0.4) is 0 Å². The van der Waals surface area contributed by atoms with Gasteiger partial charge in [-0.15, -0.1) is 0 Å². The Kier molecular flexibility index (Phi) is 4.95. The van der Waals surface area contributed by atoms with Crippen molar-refractivity contribution >= 4 is 6.09 Å². The number of amides is 1. The van der Waals surface area contributed by atoms with Gasteiger partial charge in [-0.25, -0.2) is 4.79 Å². The summed E-state index contributed by atoms with van der Waals surface area (Å²) in [5.74, 6) is 0.884. The average molecular weight is 282 g/mol. The van der Waals surface area contributed by atoms with Crippen molar-refractivity contribution in [2.24, 2.45) is 5.92 Å². The molecule has 4 heteroatoms. The summed E-state index contributed by atoms with van der Waals surface area (Å²) in [6, 6.07) is 1.09. The predicted molar refractivity (Wildman–Crippen MR) is 80.8 cm³/mol. The van der Waals surface area contributed by atoms with Gasteiger partial charge in [0.2, 0.25) is 0 Å². The van der Waals surface area contributed by atoms with Crippen molar-refractivity contribution < 1.29 is 9.53 Å². The third-order valence-electron chi connectivity index (χ3n) is 4.33. The SMILES string of the molecule is CC1CCC(NC2CCN(C(=O)OC(C)(C)C)C2)CC1. The van der Waals surface area contributed by atoms with Crippen molar-refractivity contribution in [2.75, 3.05) is 13.1 Å². The molecule has 0 aromatic carbocycles. The third-order valence-corrected chi connectivity index (χ3v) is 4.33. The molecule has 1 aliphatic heterocycles.